The van der Waals surface area contributed by atoms with E-state index in [-0.39, 0.29) is 24.8 Å². The maximum atomic E-state index is 12.4. The van der Waals surface area contributed by atoms with Crippen LogP contribution in [0.1, 0.15) is 0 Å². The largest absolute Gasteiger partial charge is 0.434 e. The van der Waals surface area contributed by atoms with Crippen molar-refractivity contribution in [1.29, 1.82) is 0 Å². The number of nitrogens with one attached hydrogen (secondary N) is 1. The minimum absolute atomic E-state index is 0. The van der Waals surface area contributed by atoms with Crippen molar-refractivity contribution in [3.63, 3.8) is 0 Å². The van der Waals surface area contributed by atoms with Crippen LogP contribution >= 0.6 is 23.7 Å². The first-order chi connectivity index (χ1) is 11.0. The van der Waals surface area contributed by atoms with Crippen LogP contribution in [-0.4, -0.2) is 37.3 Å². The molecule has 3 N–H and O–H groups in total. The first kappa shape index (κ1) is 20.2. The van der Waals surface area contributed by atoms with E-state index in [1.807, 2.05) is 0 Å². The number of anilines is 1. The van der Waals surface area contributed by atoms with Crippen LogP contribution in [0.3, 0.4) is 0 Å². The predicted octanol–water partition coefficient (Wildman–Crippen LogP) is 2.75. The van der Waals surface area contributed by atoms with Gasteiger partial charge in [-0.2, -0.15) is 8.78 Å². The number of hydrogen-bond acceptors (Lipinski definition) is 6. The second-order valence-electron chi connectivity index (χ2n) is 4.46. The molecule has 1 amide bonds. The van der Waals surface area contributed by atoms with Crippen LogP contribution < -0.4 is 15.8 Å². The zero-order valence-corrected chi connectivity index (χ0v) is 14.2. The maximum Gasteiger partial charge on any atom is 0.387 e. The van der Waals surface area contributed by atoms with E-state index in [2.05, 4.69) is 15.0 Å². The summed E-state index contributed by atoms with van der Waals surface area (Å²) in [5.74, 6) is -0.424. The number of para-hydroxylation sites is 1. The lowest BCUT2D eigenvalue weighted by molar-refractivity contribution is -0.118. The predicted molar refractivity (Wildman–Crippen MR) is 89.9 cm³/mol. The minimum atomic E-state index is -2.93. The molecule has 0 spiro atoms. The smallest absolute Gasteiger partial charge is 0.387 e. The summed E-state index contributed by atoms with van der Waals surface area (Å²) in [5, 5.41) is 4.49. The zero-order valence-electron chi connectivity index (χ0n) is 12.6. The summed E-state index contributed by atoms with van der Waals surface area (Å²) in [6.07, 6.45) is 0. The molecule has 0 fully saturated rings. The number of aromatic nitrogens is 1. The fraction of sp³-hybridized carbons (Fsp3) is 0.286. The second kappa shape index (κ2) is 9.48. The second-order valence-corrected chi connectivity index (χ2v) is 5.32. The number of halogens is 3. The molecule has 2 rings (SSSR count). The highest BCUT2D eigenvalue weighted by Crippen LogP contribution is 2.32. The lowest BCUT2D eigenvalue weighted by Gasteiger charge is -2.09. The van der Waals surface area contributed by atoms with Crippen LogP contribution in [0, 0.1) is 0 Å². The molecular formula is C14H16ClF2N3O3S. The van der Waals surface area contributed by atoms with Gasteiger partial charge in [0.05, 0.1) is 12.3 Å². The Hall–Kier alpha value is -1.81. The summed E-state index contributed by atoms with van der Waals surface area (Å²) in [5.41, 5.74) is 6.44. The van der Waals surface area contributed by atoms with Crippen LogP contribution in [-0.2, 0) is 9.53 Å². The summed E-state index contributed by atoms with van der Waals surface area (Å²) in [6, 6.07) is 5.48. The fourth-order valence-electron chi connectivity index (χ4n) is 1.79. The number of amides is 1. The third kappa shape index (κ3) is 5.38. The molecule has 1 aromatic carbocycles. The highest BCUT2D eigenvalue weighted by Gasteiger charge is 2.17. The summed E-state index contributed by atoms with van der Waals surface area (Å²) < 4.78 is 34.1. The van der Waals surface area contributed by atoms with Gasteiger partial charge < -0.3 is 20.5 Å². The number of methoxy groups -OCH3 is 1. The Morgan fingerprint density at radius 3 is 2.79 bits per heavy atom. The van der Waals surface area contributed by atoms with Gasteiger partial charge in [0, 0.05) is 18.1 Å². The van der Waals surface area contributed by atoms with E-state index in [1.54, 1.807) is 23.6 Å². The first-order valence-corrected chi connectivity index (χ1v) is 7.44. The van der Waals surface area contributed by atoms with Crippen LogP contribution in [0.25, 0.3) is 11.3 Å². The van der Waals surface area contributed by atoms with Gasteiger partial charge in [-0.3, -0.25) is 4.79 Å². The third-order valence-corrected chi connectivity index (χ3v) is 3.55. The average Bonchev–Trinajstić information content (AvgIpc) is 2.95. The van der Waals surface area contributed by atoms with Crippen molar-refractivity contribution in [1.82, 2.24) is 4.98 Å². The van der Waals surface area contributed by atoms with E-state index in [0.29, 0.717) is 16.4 Å². The molecule has 0 saturated carbocycles. The normalized spacial score (nSPS) is 11.7. The van der Waals surface area contributed by atoms with Crippen LogP contribution in [0.2, 0.25) is 0 Å². The van der Waals surface area contributed by atoms with Crippen LogP contribution in [0.4, 0.5) is 13.9 Å². The lowest BCUT2D eigenvalue weighted by Crippen LogP contribution is -2.39. The van der Waals surface area contributed by atoms with Gasteiger partial charge in [-0.1, -0.05) is 12.1 Å². The highest BCUT2D eigenvalue weighted by atomic mass is 35.5. The van der Waals surface area contributed by atoms with E-state index in [9.17, 15) is 13.6 Å². The standard InChI is InChI=1S/C14H15F2N3O3S.ClH/c1-21-6-9(17)12(20)19-14-18-10(7-23-14)8-4-2-3-5-11(8)22-13(15)16;/h2-5,7,9,13H,6,17H2,1H3,(H,18,19,20);1H. The molecule has 0 bridgehead atoms. The fourth-order valence-corrected chi connectivity index (χ4v) is 2.50. The van der Waals surface area contributed by atoms with Gasteiger partial charge in [0.25, 0.3) is 0 Å². The van der Waals surface area contributed by atoms with Crippen molar-refractivity contribution < 1.29 is 23.0 Å². The molecule has 6 nitrogen and oxygen atoms in total. The van der Waals surface area contributed by atoms with Crippen LogP contribution in [0.5, 0.6) is 5.75 Å². The minimum Gasteiger partial charge on any atom is -0.434 e. The summed E-state index contributed by atoms with van der Waals surface area (Å²) in [4.78, 5) is 16.0. The van der Waals surface area contributed by atoms with Gasteiger partial charge in [-0.05, 0) is 12.1 Å². The summed E-state index contributed by atoms with van der Waals surface area (Å²) in [6.45, 7) is -2.85. The molecule has 1 atom stereocenters. The number of thiazole rings is 1. The van der Waals surface area contributed by atoms with E-state index >= 15 is 0 Å². The number of nitrogens with two attached hydrogens (primary N) is 1. The Kier molecular flexibility index (Phi) is 7.99. The van der Waals surface area contributed by atoms with Gasteiger partial charge in [-0.15, -0.1) is 23.7 Å². The first-order valence-electron chi connectivity index (χ1n) is 6.56. The molecule has 2 aromatic rings. The Morgan fingerprint density at radius 2 is 2.12 bits per heavy atom. The quantitative estimate of drug-likeness (QED) is 0.772. The van der Waals surface area contributed by atoms with Gasteiger partial charge >= 0.3 is 6.61 Å². The number of nitrogens with zero attached hydrogens (tertiary/aromatic N) is 1. The molecule has 1 unspecified atom stereocenters. The van der Waals surface area contributed by atoms with E-state index in [0.717, 1.165) is 11.3 Å². The Labute approximate surface area is 147 Å². The molecule has 0 saturated heterocycles. The van der Waals surface area contributed by atoms with E-state index < -0.39 is 18.6 Å². The number of benzene rings is 1. The topological polar surface area (TPSA) is 86.5 Å². The van der Waals surface area contributed by atoms with Crippen LogP contribution in [0.15, 0.2) is 29.6 Å². The number of hydrogen-bond donors (Lipinski definition) is 2. The monoisotopic (exact) mass is 379 g/mol. The molecule has 0 aliphatic rings. The number of carbonyl (C=O) groups excluding carboxylic acids is 1. The number of alkyl halides is 2. The van der Waals surface area contributed by atoms with Crippen molar-refractivity contribution in [2.45, 2.75) is 12.7 Å². The van der Waals surface area contributed by atoms with Gasteiger partial charge in [0.15, 0.2) is 5.13 Å². The Morgan fingerprint density at radius 1 is 1.42 bits per heavy atom. The molecule has 1 aromatic heterocycles. The SMILES string of the molecule is COCC(N)C(=O)Nc1nc(-c2ccccc2OC(F)F)cs1.Cl. The van der Waals surface area contributed by atoms with Crippen molar-refractivity contribution in [2.75, 3.05) is 19.0 Å². The molecule has 24 heavy (non-hydrogen) atoms. The molecule has 0 radical (unpaired) electrons. The zero-order chi connectivity index (χ0) is 16.8. The third-order valence-electron chi connectivity index (χ3n) is 2.80. The molecule has 0 aliphatic carbocycles. The van der Waals surface area contributed by atoms with Crippen molar-refractivity contribution >= 4 is 34.8 Å². The summed E-state index contributed by atoms with van der Waals surface area (Å²) in [7, 11) is 1.44. The molecule has 0 aliphatic heterocycles. The molecule has 1 heterocycles. The van der Waals surface area contributed by atoms with Crippen molar-refractivity contribution in [3.05, 3.63) is 29.6 Å². The van der Waals surface area contributed by atoms with E-state index in [4.69, 9.17) is 10.5 Å². The van der Waals surface area contributed by atoms with Gasteiger partial charge in [-0.25, -0.2) is 4.98 Å². The molecule has 10 heteroatoms. The Bertz CT molecular complexity index is 672. The molecular weight excluding hydrogens is 364 g/mol. The number of ether oxygens (including phenoxy) is 2. The number of carbonyl (C=O) groups is 1. The van der Waals surface area contributed by atoms with Crippen molar-refractivity contribution in [2.24, 2.45) is 5.73 Å². The summed E-state index contributed by atoms with van der Waals surface area (Å²) >= 11 is 1.15. The van der Waals surface area contributed by atoms with Crippen molar-refractivity contribution in [3.8, 4) is 17.0 Å². The van der Waals surface area contributed by atoms with Gasteiger partial charge in [0.1, 0.15) is 11.8 Å². The van der Waals surface area contributed by atoms with E-state index in [1.165, 1.54) is 13.2 Å². The number of rotatable bonds is 7. The highest BCUT2D eigenvalue weighted by molar-refractivity contribution is 7.14. The maximum absolute atomic E-state index is 12.4. The Balaban J connectivity index is 0.00000288. The van der Waals surface area contributed by atoms with Gasteiger partial charge in [0.2, 0.25) is 5.91 Å². The average molecular weight is 380 g/mol. The lowest BCUT2D eigenvalue weighted by atomic mass is 10.1. The molecule has 132 valence electrons.